The average molecular weight is 350 g/mol. The van der Waals surface area contributed by atoms with Gasteiger partial charge in [0.15, 0.2) is 5.82 Å². The second-order valence-corrected chi connectivity index (χ2v) is 6.46. The molecule has 24 heavy (non-hydrogen) atoms. The number of ether oxygens (including phenoxy) is 2. The van der Waals surface area contributed by atoms with E-state index in [2.05, 4.69) is 34.3 Å². The number of aromatic nitrogens is 3. The van der Waals surface area contributed by atoms with Gasteiger partial charge in [-0.15, -0.1) is 5.10 Å². The molecule has 0 atom stereocenters. The number of H-pyrrole nitrogens is 1. The van der Waals surface area contributed by atoms with E-state index in [9.17, 15) is 4.79 Å². The van der Waals surface area contributed by atoms with Crippen molar-refractivity contribution in [1.82, 2.24) is 20.5 Å². The first-order chi connectivity index (χ1) is 11.5. The molecule has 1 aromatic carbocycles. The van der Waals surface area contributed by atoms with E-state index in [1.165, 1.54) is 11.8 Å². The molecule has 2 aromatic rings. The standard InChI is InChI=1S/C16H22N4O3S/c1-10(2)8-17-14(21)9-24-16-18-15(19-20-16)12-6-5-11(22-3)7-13(12)23-4/h5-7,10H,8-9H2,1-4H3,(H,17,21)(H,18,19,20). The van der Waals surface area contributed by atoms with Gasteiger partial charge in [0.25, 0.3) is 0 Å². The van der Waals surface area contributed by atoms with E-state index in [4.69, 9.17) is 9.47 Å². The molecule has 0 bridgehead atoms. The summed E-state index contributed by atoms with van der Waals surface area (Å²) < 4.78 is 10.5. The molecule has 0 saturated carbocycles. The van der Waals surface area contributed by atoms with Crippen LogP contribution in [0.5, 0.6) is 11.5 Å². The maximum Gasteiger partial charge on any atom is 0.230 e. The van der Waals surface area contributed by atoms with E-state index in [1.54, 1.807) is 20.3 Å². The Hall–Kier alpha value is -2.22. The van der Waals surface area contributed by atoms with Crippen LogP contribution in [0.1, 0.15) is 13.8 Å². The molecule has 0 spiro atoms. The van der Waals surface area contributed by atoms with Gasteiger partial charge in [-0.05, 0) is 18.1 Å². The second-order valence-electron chi connectivity index (χ2n) is 5.52. The lowest BCUT2D eigenvalue weighted by Crippen LogP contribution is -2.28. The number of rotatable bonds is 8. The minimum Gasteiger partial charge on any atom is -0.497 e. The predicted molar refractivity (Wildman–Crippen MR) is 93.5 cm³/mol. The highest BCUT2D eigenvalue weighted by atomic mass is 32.2. The summed E-state index contributed by atoms with van der Waals surface area (Å²) in [5, 5.41) is 10.4. The molecule has 0 aliphatic carbocycles. The molecule has 1 heterocycles. The smallest absolute Gasteiger partial charge is 0.230 e. The van der Waals surface area contributed by atoms with Crippen molar-refractivity contribution in [3.63, 3.8) is 0 Å². The van der Waals surface area contributed by atoms with Crippen molar-refractivity contribution in [3.8, 4) is 22.9 Å². The molecule has 1 aromatic heterocycles. The van der Waals surface area contributed by atoms with Crippen molar-refractivity contribution in [2.75, 3.05) is 26.5 Å². The number of thioether (sulfide) groups is 1. The molecule has 0 aliphatic rings. The van der Waals surface area contributed by atoms with Gasteiger partial charge in [-0.25, -0.2) is 4.98 Å². The Morgan fingerprint density at radius 2 is 2.12 bits per heavy atom. The monoisotopic (exact) mass is 350 g/mol. The lowest BCUT2D eigenvalue weighted by atomic mass is 10.2. The van der Waals surface area contributed by atoms with Gasteiger partial charge in [0.2, 0.25) is 11.1 Å². The van der Waals surface area contributed by atoms with Gasteiger partial charge in [-0.3, -0.25) is 9.89 Å². The maximum atomic E-state index is 11.7. The molecule has 2 rings (SSSR count). The van der Waals surface area contributed by atoms with E-state index in [0.717, 1.165) is 5.56 Å². The summed E-state index contributed by atoms with van der Waals surface area (Å²) in [5.41, 5.74) is 0.780. The topological polar surface area (TPSA) is 89.1 Å². The minimum atomic E-state index is -0.0259. The van der Waals surface area contributed by atoms with Crippen molar-refractivity contribution < 1.29 is 14.3 Å². The maximum absolute atomic E-state index is 11.7. The van der Waals surface area contributed by atoms with Crippen LogP contribution in [0.3, 0.4) is 0 Å². The molecule has 8 heteroatoms. The fourth-order valence-corrected chi connectivity index (χ4v) is 2.55. The SMILES string of the molecule is COc1ccc(-c2nc(SCC(=O)NCC(C)C)n[nH]2)c(OC)c1. The van der Waals surface area contributed by atoms with Crippen molar-refractivity contribution in [3.05, 3.63) is 18.2 Å². The summed E-state index contributed by atoms with van der Waals surface area (Å²) >= 11 is 1.29. The summed E-state index contributed by atoms with van der Waals surface area (Å²) in [6.45, 7) is 4.77. The lowest BCUT2D eigenvalue weighted by Gasteiger charge is -2.07. The highest BCUT2D eigenvalue weighted by Crippen LogP contribution is 2.31. The average Bonchev–Trinajstić information content (AvgIpc) is 3.06. The summed E-state index contributed by atoms with van der Waals surface area (Å²) in [6, 6.07) is 5.46. The van der Waals surface area contributed by atoms with Gasteiger partial charge < -0.3 is 14.8 Å². The van der Waals surface area contributed by atoms with Crippen molar-refractivity contribution in [2.24, 2.45) is 5.92 Å². The Labute approximate surface area is 145 Å². The van der Waals surface area contributed by atoms with Crippen LogP contribution in [0.2, 0.25) is 0 Å². The highest BCUT2D eigenvalue weighted by molar-refractivity contribution is 7.99. The van der Waals surface area contributed by atoms with Gasteiger partial charge in [-0.2, -0.15) is 0 Å². The molecule has 0 radical (unpaired) electrons. The van der Waals surface area contributed by atoms with Crippen molar-refractivity contribution >= 4 is 17.7 Å². The van der Waals surface area contributed by atoms with E-state index in [-0.39, 0.29) is 11.7 Å². The van der Waals surface area contributed by atoms with Gasteiger partial charge in [-0.1, -0.05) is 25.6 Å². The van der Waals surface area contributed by atoms with Crippen LogP contribution in [-0.2, 0) is 4.79 Å². The van der Waals surface area contributed by atoms with E-state index in [1.807, 2.05) is 12.1 Å². The summed E-state index contributed by atoms with van der Waals surface area (Å²) in [5.74, 6) is 2.60. The number of nitrogens with one attached hydrogen (secondary N) is 2. The largest absolute Gasteiger partial charge is 0.497 e. The van der Waals surface area contributed by atoms with Gasteiger partial charge in [0.05, 0.1) is 25.5 Å². The fraction of sp³-hybridized carbons (Fsp3) is 0.438. The zero-order valence-electron chi connectivity index (χ0n) is 14.3. The Morgan fingerprint density at radius 1 is 1.33 bits per heavy atom. The predicted octanol–water partition coefficient (Wildman–Crippen LogP) is 2.35. The number of amides is 1. The van der Waals surface area contributed by atoms with Gasteiger partial charge in [0.1, 0.15) is 11.5 Å². The number of carbonyl (C=O) groups excluding carboxylic acids is 1. The zero-order valence-corrected chi connectivity index (χ0v) is 15.1. The molecule has 0 aliphatic heterocycles. The highest BCUT2D eigenvalue weighted by Gasteiger charge is 2.13. The van der Waals surface area contributed by atoms with Gasteiger partial charge in [0, 0.05) is 12.6 Å². The molecule has 7 nitrogen and oxygen atoms in total. The number of benzene rings is 1. The third kappa shape index (κ3) is 4.89. The third-order valence-electron chi connectivity index (χ3n) is 3.17. The summed E-state index contributed by atoms with van der Waals surface area (Å²) in [6.07, 6.45) is 0. The normalized spacial score (nSPS) is 10.7. The lowest BCUT2D eigenvalue weighted by molar-refractivity contribution is -0.118. The Balaban J connectivity index is 2.02. The molecule has 130 valence electrons. The molecule has 2 N–H and O–H groups in total. The van der Waals surface area contributed by atoms with Crippen LogP contribution in [0.25, 0.3) is 11.4 Å². The summed E-state index contributed by atoms with van der Waals surface area (Å²) in [7, 11) is 3.19. The number of carbonyl (C=O) groups is 1. The van der Waals surface area contributed by atoms with Crippen LogP contribution in [0.4, 0.5) is 0 Å². The first-order valence-electron chi connectivity index (χ1n) is 7.57. The van der Waals surface area contributed by atoms with Crippen molar-refractivity contribution in [2.45, 2.75) is 19.0 Å². The van der Waals surface area contributed by atoms with E-state index >= 15 is 0 Å². The molecule has 1 amide bonds. The molecular weight excluding hydrogens is 328 g/mol. The van der Waals surface area contributed by atoms with Crippen LogP contribution in [0, 0.1) is 5.92 Å². The minimum absolute atomic E-state index is 0.0259. The fourth-order valence-electron chi connectivity index (χ4n) is 1.92. The number of hydrogen-bond acceptors (Lipinski definition) is 6. The second kappa shape index (κ2) is 8.58. The van der Waals surface area contributed by atoms with E-state index in [0.29, 0.717) is 34.9 Å². The molecule has 0 saturated heterocycles. The third-order valence-corrected chi connectivity index (χ3v) is 4.02. The van der Waals surface area contributed by atoms with Crippen LogP contribution in [-0.4, -0.2) is 47.6 Å². The van der Waals surface area contributed by atoms with Crippen LogP contribution < -0.4 is 14.8 Å². The zero-order chi connectivity index (χ0) is 17.5. The molecule has 0 unspecified atom stereocenters. The first kappa shape index (κ1) is 18.1. The Bertz CT molecular complexity index is 688. The number of hydrogen-bond donors (Lipinski definition) is 2. The number of methoxy groups -OCH3 is 2. The van der Waals surface area contributed by atoms with E-state index < -0.39 is 0 Å². The number of nitrogens with zero attached hydrogens (tertiary/aromatic N) is 2. The quantitative estimate of drug-likeness (QED) is 0.711. The number of aromatic amines is 1. The molecule has 0 fully saturated rings. The van der Waals surface area contributed by atoms with Crippen LogP contribution >= 0.6 is 11.8 Å². The van der Waals surface area contributed by atoms with Crippen LogP contribution in [0.15, 0.2) is 23.4 Å². The van der Waals surface area contributed by atoms with Crippen molar-refractivity contribution in [1.29, 1.82) is 0 Å². The first-order valence-corrected chi connectivity index (χ1v) is 8.56. The Morgan fingerprint density at radius 3 is 2.79 bits per heavy atom. The van der Waals surface area contributed by atoms with Gasteiger partial charge >= 0.3 is 0 Å². The summed E-state index contributed by atoms with van der Waals surface area (Å²) in [4.78, 5) is 16.1. The molecular formula is C16H22N4O3S. The Kier molecular flexibility index (Phi) is 6.48.